The molecule has 0 saturated heterocycles. The molecule has 14 aromatic rings. The average molecular weight is 1340 g/mol. The topological polar surface area (TPSA) is 6.48 Å². The molecule has 2 aliphatic rings. The lowest BCUT2D eigenvalue weighted by Crippen LogP contribution is -2.27. The molecule has 0 radical (unpaired) electrons. The minimum Gasteiger partial charge on any atom is -0.310 e. The minimum atomic E-state index is -0.328. The van der Waals surface area contributed by atoms with Crippen LogP contribution < -0.4 is 9.80 Å². The second-order valence-electron chi connectivity index (χ2n) is 28.6. The van der Waals surface area contributed by atoms with Gasteiger partial charge in [0.05, 0.1) is 0 Å². The van der Waals surface area contributed by atoms with Crippen LogP contribution in [0.4, 0.5) is 34.1 Å². The maximum absolute atomic E-state index is 3.96. The molecule has 0 aliphatic heterocycles. The van der Waals surface area contributed by atoms with Crippen molar-refractivity contribution in [2.75, 3.05) is 9.80 Å². The number of aryl methyl sites for hydroxylation is 3. The number of rotatable bonds is 27. The molecule has 0 aromatic heterocycles. The molecule has 0 fully saturated rings. The first kappa shape index (κ1) is 66.9. The first-order valence-electron chi connectivity index (χ1n) is 38.0. The average Bonchev–Trinajstić information content (AvgIpc) is 1.53. The van der Waals surface area contributed by atoms with Gasteiger partial charge in [-0.25, -0.2) is 0 Å². The van der Waals surface area contributed by atoms with Gasteiger partial charge in [-0.3, -0.25) is 0 Å². The van der Waals surface area contributed by atoms with E-state index in [1.165, 1.54) is 139 Å². The second kappa shape index (κ2) is 30.5. The molecule has 0 amide bonds. The van der Waals surface area contributed by atoms with Crippen LogP contribution in [0, 0.1) is 0 Å². The first-order chi connectivity index (χ1) is 51.4. The van der Waals surface area contributed by atoms with E-state index in [-0.39, 0.29) is 10.8 Å². The number of unbranched alkanes of at least 4 members (excludes halogenated alkanes) is 6. The van der Waals surface area contributed by atoms with Crippen molar-refractivity contribution in [1.29, 1.82) is 0 Å². The van der Waals surface area contributed by atoms with Gasteiger partial charge < -0.3 is 9.80 Å². The lowest BCUT2D eigenvalue weighted by atomic mass is 9.69. The standard InChI is InChI=1S/C102H90N2/c1-3-75-43-47-77(48-44-75)29-13-5-7-27-71-101(85-35-19-11-20-36-85)97-41-25-23-39-93(97)95-69-67-91(73-99(95)101)103(87-59-51-81(52-60-87)79-31-15-9-16-32-79)89-63-55-83(56-64-89)84-57-65-90(66-58-84)104(88-61-53-82(54-62-88)80-33-17-10-18-34-80)92-68-70-96-94-40-24-26-42-98(94)102(100(96)74-92,86-37-21-12-22-38-86)72-28-8-6-14-30-78-49-45-76(4-2)46-50-78/h3,9-12,15-26,31-70,73-74H,1,4-8,13-14,27-30,71-72H2,2H3. The zero-order valence-electron chi connectivity index (χ0n) is 59.9. The summed E-state index contributed by atoms with van der Waals surface area (Å²) in [6.45, 7) is 6.20. The molecule has 16 rings (SSSR count). The Labute approximate surface area is 617 Å². The Balaban J connectivity index is 0.733. The maximum Gasteiger partial charge on any atom is 0.0465 e. The number of nitrogens with zero attached hydrogens (tertiary/aromatic N) is 2. The van der Waals surface area contributed by atoms with Crippen molar-refractivity contribution in [3.05, 3.63) is 414 Å². The van der Waals surface area contributed by atoms with Crippen LogP contribution in [0.2, 0.25) is 0 Å². The van der Waals surface area contributed by atoms with E-state index in [1.807, 2.05) is 6.08 Å². The summed E-state index contributed by atoms with van der Waals surface area (Å²) in [5.74, 6) is 0. The van der Waals surface area contributed by atoms with Crippen molar-refractivity contribution >= 4 is 40.2 Å². The molecule has 0 spiro atoms. The molecule has 2 unspecified atom stereocenters. The molecule has 0 N–H and O–H groups in total. The Morgan fingerprint density at radius 1 is 0.260 bits per heavy atom. The fraction of sp³-hybridized carbons (Fsp3) is 0.157. The van der Waals surface area contributed by atoms with E-state index in [9.17, 15) is 0 Å². The molecule has 2 heteroatoms. The highest BCUT2D eigenvalue weighted by molar-refractivity contribution is 5.91. The maximum atomic E-state index is 3.96. The minimum absolute atomic E-state index is 0.321. The normalized spacial score (nSPS) is 14.6. The van der Waals surface area contributed by atoms with E-state index in [2.05, 4.69) is 375 Å². The van der Waals surface area contributed by atoms with Gasteiger partial charge in [0, 0.05) is 45.0 Å². The molecule has 2 nitrogen and oxygen atoms in total. The highest BCUT2D eigenvalue weighted by Gasteiger charge is 2.46. The number of hydrogen-bond acceptors (Lipinski definition) is 2. The lowest BCUT2D eigenvalue weighted by molar-refractivity contribution is 0.511. The summed E-state index contributed by atoms with van der Waals surface area (Å²) in [6.07, 6.45) is 16.6. The van der Waals surface area contributed by atoms with Gasteiger partial charge in [0.1, 0.15) is 0 Å². The summed E-state index contributed by atoms with van der Waals surface area (Å²) in [7, 11) is 0. The smallest absolute Gasteiger partial charge is 0.0465 e. The monoisotopic (exact) mass is 1340 g/mol. The number of benzene rings is 14. The lowest BCUT2D eigenvalue weighted by Gasteiger charge is -2.34. The van der Waals surface area contributed by atoms with Crippen LogP contribution in [0.1, 0.15) is 127 Å². The van der Waals surface area contributed by atoms with E-state index >= 15 is 0 Å². The molecular weight excluding hydrogens is 1250 g/mol. The van der Waals surface area contributed by atoms with E-state index in [0.29, 0.717) is 0 Å². The summed E-state index contributed by atoms with van der Waals surface area (Å²) in [5.41, 5.74) is 32.2. The number of anilines is 6. The zero-order valence-corrected chi connectivity index (χ0v) is 59.9. The quantitative estimate of drug-likeness (QED) is 0.0474. The number of hydrogen-bond donors (Lipinski definition) is 0. The van der Waals surface area contributed by atoms with Gasteiger partial charge >= 0.3 is 0 Å². The van der Waals surface area contributed by atoms with Gasteiger partial charge in [0.2, 0.25) is 0 Å². The molecule has 104 heavy (non-hydrogen) atoms. The van der Waals surface area contributed by atoms with Crippen molar-refractivity contribution < 1.29 is 0 Å². The molecular formula is C102H90N2. The predicted octanol–water partition coefficient (Wildman–Crippen LogP) is 27.8. The van der Waals surface area contributed by atoms with E-state index in [0.717, 1.165) is 90.2 Å². The van der Waals surface area contributed by atoms with E-state index in [1.54, 1.807) is 0 Å². The summed E-state index contributed by atoms with van der Waals surface area (Å²) < 4.78 is 0. The highest BCUT2D eigenvalue weighted by atomic mass is 15.1. The number of fused-ring (bicyclic) bond motifs is 6. The van der Waals surface area contributed by atoms with E-state index in [4.69, 9.17) is 0 Å². The van der Waals surface area contributed by atoms with Crippen LogP contribution in [0.15, 0.2) is 358 Å². The highest BCUT2D eigenvalue weighted by Crippen LogP contribution is 2.59. The van der Waals surface area contributed by atoms with Gasteiger partial charge in [-0.1, -0.05) is 337 Å². The molecule has 508 valence electrons. The second-order valence-corrected chi connectivity index (χ2v) is 28.6. The Morgan fingerprint density at radius 2 is 0.558 bits per heavy atom. The van der Waals surface area contributed by atoms with Crippen LogP contribution in [0.3, 0.4) is 0 Å². The third kappa shape index (κ3) is 13.4. The largest absolute Gasteiger partial charge is 0.310 e. The summed E-state index contributed by atoms with van der Waals surface area (Å²) in [4.78, 5) is 4.95. The zero-order chi connectivity index (χ0) is 70.1. The van der Waals surface area contributed by atoms with Crippen LogP contribution in [0.5, 0.6) is 0 Å². The molecule has 14 aromatic carbocycles. The van der Waals surface area contributed by atoms with Crippen LogP contribution >= 0.6 is 0 Å². The molecule has 0 bridgehead atoms. The molecule has 0 saturated carbocycles. The Bertz CT molecular complexity index is 5200. The Kier molecular flexibility index (Phi) is 19.7. The molecule has 2 aliphatic carbocycles. The summed E-state index contributed by atoms with van der Waals surface area (Å²) in [5, 5.41) is 0. The first-order valence-corrected chi connectivity index (χ1v) is 38.0. The van der Waals surface area contributed by atoms with Crippen LogP contribution in [-0.4, -0.2) is 0 Å². The van der Waals surface area contributed by atoms with Crippen molar-refractivity contribution in [2.24, 2.45) is 0 Å². The predicted molar refractivity (Wildman–Crippen MR) is 442 cm³/mol. The molecule has 0 heterocycles. The third-order valence-electron chi connectivity index (χ3n) is 22.6. The molecule has 2 atom stereocenters. The van der Waals surface area contributed by atoms with Gasteiger partial charge in [-0.2, -0.15) is 0 Å². The van der Waals surface area contributed by atoms with Gasteiger partial charge in [0.15, 0.2) is 0 Å². The summed E-state index contributed by atoms with van der Waals surface area (Å²) >= 11 is 0. The van der Waals surface area contributed by atoms with Gasteiger partial charge in [0.25, 0.3) is 0 Å². The van der Waals surface area contributed by atoms with Crippen molar-refractivity contribution in [3.63, 3.8) is 0 Å². The fourth-order valence-electron chi connectivity index (χ4n) is 17.2. The van der Waals surface area contributed by atoms with Gasteiger partial charge in [-0.05, 0) is 229 Å². The van der Waals surface area contributed by atoms with Crippen molar-refractivity contribution in [1.82, 2.24) is 0 Å². The van der Waals surface area contributed by atoms with Crippen LogP contribution in [0.25, 0.3) is 61.7 Å². The Hall–Kier alpha value is -11.6. The fourth-order valence-corrected chi connectivity index (χ4v) is 17.2. The van der Waals surface area contributed by atoms with Crippen molar-refractivity contribution in [3.8, 4) is 55.6 Å². The van der Waals surface area contributed by atoms with Gasteiger partial charge in [-0.15, -0.1) is 0 Å². The Morgan fingerprint density at radius 3 is 0.923 bits per heavy atom. The van der Waals surface area contributed by atoms with E-state index < -0.39 is 0 Å². The third-order valence-corrected chi connectivity index (χ3v) is 22.6. The van der Waals surface area contributed by atoms with Crippen molar-refractivity contribution in [2.45, 2.75) is 101 Å². The SMILES string of the molecule is C=Cc1ccc(CCCCCCC2(c3ccccc3)c3ccccc3-c3ccc(N(c4ccc(-c5ccccc5)cc4)c4ccc(-c5ccc(N(c6ccc(-c7ccccc7)cc6)c6ccc7c(c6)C(CCCCCCc6ccc(CC)cc6)(c6ccccc6)c6ccccc6-7)cc5)cc4)cc32)cc1. The summed E-state index contributed by atoms with van der Waals surface area (Å²) in [6, 6.07) is 132. The van der Waals surface area contributed by atoms with Crippen LogP contribution in [-0.2, 0) is 30.1 Å².